The van der Waals surface area contributed by atoms with Gasteiger partial charge < -0.3 is 5.32 Å². The van der Waals surface area contributed by atoms with Crippen molar-refractivity contribution < 1.29 is 4.79 Å². The summed E-state index contributed by atoms with van der Waals surface area (Å²) in [6, 6.07) is 21.5. The van der Waals surface area contributed by atoms with Crippen molar-refractivity contribution >= 4 is 22.6 Å². The third kappa shape index (κ3) is 2.86. The molecule has 0 unspecified atom stereocenters. The fourth-order valence-corrected chi connectivity index (χ4v) is 3.03. The number of hydrogen-bond donors (Lipinski definition) is 1. The Kier molecular flexibility index (Phi) is 4.01. The van der Waals surface area contributed by atoms with Crippen molar-refractivity contribution in [3.8, 4) is 5.69 Å². The first-order chi connectivity index (χ1) is 12.6. The van der Waals surface area contributed by atoms with Gasteiger partial charge in [0.25, 0.3) is 5.91 Å². The average Bonchev–Trinajstić information content (AvgIpc) is 3.09. The fraction of sp³-hybridized carbons (Fsp3) is 0.0909. The smallest absolute Gasteiger partial charge is 0.255 e. The number of aromatic nitrogens is 2. The van der Waals surface area contributed by atoms with Gasteiger partial charge in [-0.1, -0.05) is 30.3 Å². The van der Waals surface area contributed by atoms with Crippen LogP contribution in [0.2, 0.25) is 0 Å². The highest BCUT2D eigenvalue weighted by Gasteiger charge is 2.11. The quantitative estimate of drug-likeness (QED) is 0.576. The van der Waals surface area contributed by atoms with Gasteiger partial charge in [-0.25, -0.2) is 4.98 Å². The summed E-state index contributed by atoms with van der Waals surface area (Å²) >= 11 is 0. The van der Waals surface area contributed by atoms with Crippen molar-refractivity contribution in [1.29, 1.82) is 0 Å². The van der Waals surface area contributed by atoms with Crippen molar-refractivity contribution in [1.82, 2.24) is 9.55 Å². The molecule has 1 amide bonds. The van der Waals surface area contributed by atoms with Gasteiger partial charge in [0.2, 0.25) is 0 Å². The molecule has 26 heavy (non-hydrogen) atoms. The number of amides is 1. The van der Waals surface area contributed by atoms with E-state index in [0.717, 1.165) is 33.5 Å². The number of aryl methyl sites for hydroxylation is 1. The first kappa shape index (κ1) is 16.1. The summed E-state index contributed by atoms with van der Waals surface area (Å²) in [6.45, 7) is 4.04. The van der Waals surface area contributed by atoms with Gasteiger partial charge >= 0.3 is 0 Å². The highest BCUT2D eigenvalue weighted by molar-refractivity contribution is 6.06. The zero-order valence-electron chi connectivity index (χ0n) is 14.7. The number of anilines is 1. The minimum atomic E-state index is -0.130. The molecule has 0 bridgehead atoms. The molecule has 0 saturated carbocycles. The second kappa shape index (κ2) is 6.48. The highest BCUT2D eigenvalue weighted by Crippen LogP contribution is 2.22. The zero-order chi connectivity index (χ0) is 18.1. The monoisotopic (exact) mass is 341 g/mol. The average molecular weight is 341 g/mol. The van der Waals surface area contributed by atoms with Crippen LogP contribution in [0.15, 0.2) is 73.1 Å². The van der Waals surface area contributed by atoms with Gasteiger partial charge in [0, 0.05) is 16.9 Å². The van der Waals surface area contributed by atoms with E-state index >= 15 is 0 Å². The first-order valence-corrected chi connectivity index (χ1v) is 8.53. The van der Waals surface area contributed by atoms with Crippen molar-refractivity contribution in [2.45, 2.75) is 13.8 Å². The Morgan fingerprint density at radius 1 is 0.962 bits per heavy atom. The largest absolute Gasteiger partial charge is 0.322 e. The van der Waals surface area contributed by atoms with Crippen LogP contribution in [0.3, 0.4) is 0 Å². The molecule has 0 aliphatic carbocycles. The molecule has 1 N–H and O–H groups in total. The number of para-hydroxylation sites is 1. The lowest BCUT2D eigenvalue weighted by atomic mass is 10.1. The maximum atomic E-state index is 12.7. The number of rotatable bonds is 3. The molecular weight excluding hydrogens is 322 g/mol. The van der Waals surface area contributed by atoms with Crippen LogP contribution < -0.4 is 5.32 Å². The van der Waals surface area contributed by atoms with Crippen molar-refractivity contribution in [3.63, 3.8) is 0 Å². The van der Waals surface area contributed by atoms with Crippen LogP contribution in [0.1, 0.15) is 21.5 Å². The molecule has 0 atom stereocenters. The van der Waals surface area contributed by atoms with Gasteiger partial charge in [-0.3, -0.25) is 9.36 Å². The Hall–Kier alpha value is -3.40. The molecular formula is C22H19N3O. The molecule has 0 aliphatic rings. The summed E-state index contributed by atoms with van der Waals surface area (Å²) < 4.78 is 2.02. The number of imidazole rings is 1. The summed E-state index contributed by atoms with van der Waals surface area (Å²) in [5, 5.41) is 3.00. The number of nitrogens with one attached hydrogen (secondary N) is 1. The van der Waals surface area contributed by atoms with Crippen LogP contribution in [0.5, 0.6) is 0 Å². The molecule has 128 valence electrons. The third-order valence-electron chi connectivity index (χ3n) is 4.70. The first-order valence-electron chi connectivity index (χ1n) is 8.53. The Morgan fingerprint density at radius 3 is 2.58 bits per heavy atom. The molecule has 3 aromatic carbocycles. The van der Waals surface area contributed by atoms with Crippen LogP contribution in [-0.2, 0) is 0 Å². The van der Waals surface area contributed by atoms with Gasteiger partial charge in [-0.2, -0.15) is 0 Å². The molecule has 0 radical (unpaired) electrons. The van der Waals surface area contributed by atoms with Gasteiger partial charge in [0.05, 0.1) is 11.0 Å². The third-order valence-corrected chi connectivity index (χ3v) is 4.70. The number of hydrogen-bond acceptors (Lipinski definition) is 2. The molecule has 4 aromatic rings. The Balaban J connectivity index is 1.66. The summed E-state index contributed by atoms with van der Waals surface area (Å²) in [4.78, 5) is 17.1. The molecule has 0 aliphatic heterocycles. The van der Waals surface area contributed by atoms with Crippen molar-refractivity contribution in [3.05, 3.63) is 89.7 Å². The summed E-state index contributed by atoms with van der Waals surface area (Å²) in [5.74, 6) is -0.130. The Bertz CT molecular complexity index is 1100. The minimum absolute atomic E-state index is 0.130. The minimum Gasteiger partial charge on any atom is -0.322 e. The molecule has 4 rings (SSSR count). The second-order valence-corrected chi connectivity index (χ2v) is 6.36. The molecule has 0 spiro atoms. The predicted molar refractivity (Wildman–Crippen MR) is 105 cm³/mol. The van der Waals surface area contributed by atoms with Gasteiger partial charge in [0.15, 0.2) is 0 Å². The van der Waals surface area contributed by atoms with E-state index in [1.165, 1.54) is 0 Å². The van der Waals surface area contributed by atoms with E-state index in [1.807, 2.05) is 85.1 Å². The lowest BCUT2D eigenvalue weighted by Crippen LogP contribution is -2.13. The number of benzene rings is 3. The zero-order valence-corrected chi connectivity index (χ0v) is 14.7. The van der Waals surface area contributed by atoms with Gasteiger partial charge in [0.1, 0.15) is 6.33 Å². The second-order valence-electron chi connectivity index (χ2n) is 6.36. The lowest BCUT2D eigenvalue weighted by Gasteiger charge is -2.10. The predicted octanol–water partition coefficient (Wildman–Crippen LogP) is 4.89. The van der Waals surface area contributed by atoms with Gasteiger partial charge in [-0.05, 0) is 61.4 Å². The van der Waals surface area contributed by atoms with E-state index in [0.29, 0.717) is 5.56 Å². The van der Waals surface area contributed by atoms with E-state index in [9.17, 15) is 4.79 Å². The van der Waals surface area contributed by atoms with Crippen LogP contribution in [-0.4, -0.2) is 15.5 Å². The Morgan fingerprint density at radius 2 is 1.77 bits per heavy atom. The normalized spacial score (nSPS) is 10.8. The fourth-order valence-electron chi connectivity index (χ4n) is 3.03. The highest BCUT2D eigenvalue weighted by atomic mass is 16.1. The van der Waals surface area contributed by atoms with Crippen LogP contribution in [0.25, 0.3) is 16.7 Å². The molecule has 0 fully saturated rings. The van der Waals surface area contributed by atoms with Crippen molar-refractivity contribution in [2.75, 3.05) is 5.32 Å². The number of carbonyl (C=O) groups is 1. The number of nitrogens with zero attached hydrogens (tertiary/aromatic N) is 2. The summed E-state index contributed by atoms with van der Waals surface area (Å²) in [6.07, 6.45) is 1.78. The molecule has 0 saturated heterocycles. The summed E-state index contributed by atoms with van der Waals surface area (Å²) in [5.41, 5.74) is 6.47. The SMILES string of the molecule is Cc1cccc(NC(=O)c2ccc3c(c2)ncn3-c2ccccc2)c1C. The Labute approximate surface area is 152 Å². The summed E-state index contributed by atoms with van der Waals surface area (Å²) in [7, 11) is 0. The van der Waals surface area contributed by atoms with E-state index in [2.05, 4.69) is 10.3 Å². The molecule has 1 heterocycles. The number of fused-ring (bicyclic) bond motifs is 1. The van der Waals surface area contributed by atoms with Crippen LogP contribution in [0.4, 0.5) is 5.69 Å². The van der Waals surface area contributed by atoms with E-state index in [1.54, 1.807) is 6.33 Å². The molecule has 1 aromatic heterocycles. The maximum Gasteiger partial charge on any atom is 0.255 e. The molecule has 4 nitrogen and oxygen atoms in total. The standard InChI is InChI=1S/C22H19N3O/c1-15-7-6-10-19(16(15)2)24-22(26)17-11-12-21-20(13-17)23-14-25(21)18-8-4-3-5-9-18/h3-14H,1-2H3,(H,24,26). The van der Waals surface area contributed by atoms with Crippen molar-refractivity contribution in [2.24, 2.45) is 0 Å². The maximum absolute atomic E-state index is 12.7. The van der Waals surface area contributed by atoms with Crippen LogP contribution in [0, 0.1) is 13.8 Å². The molecule has 4 heteroatoms. The van der Waals surface area contributed by atoms with E-state index in [4.69, 9.17) is 0 Å². The van der Waals surface area contributed by atoms with Gasteiger partial charge in [-0.15, -0.1) is 0 Å². The topological polar surface area (TPSA) is 46.9 Å². The van der Waals surface area contributed by atoms with E-state index < -0.39 is 0 Å². The van der Waals surface area contributed by atoms with Crippen LogP contribution >= 0.6 is 0 Å². The van der Waals surface area contributed by atoms with E-state index in [-0.39, 0.29) is 5.91 Å². The lowest BCUT2D eigenvalue weighted by molar-refractivity contribution is 0.102. The number of carbonyl (C=O) groups excluding carboxylic acids is 1.